The third kappa shape index (κ3) is 1.52. The molecule has 0 atom stereocenters. The summed E-state index contributed by atoms with van der Waals surface area (Å²) in [6, 6.07) is 0. The molecule has 0 spiro atoms. The molecule has 0 N–H and O–H groups in total. The summed E-state index contributed by atoms with van der Waals surface area (Å²) in [4.78, 5) is 15.4. The van der Waals surface area contributed by atoms with Crippen molar-refractivity contribution in [3.63, 3.8) is 0 Å². The molecule has 0 fully saturated rings. The fourth-order valence-corrected chi connectivity index (χ4v) is 0.945. The van der Waals surface area contributed by atoms with E-state index in [2.05, 4.69) is 10.1 Å². The third-order valence-electron chi connectivity index (χ3n) is 1.66. The first-order valence-electron chi connectivity index (χ1n) is 4.08. The van der Waals surface area contributed by atoms with Crippen LogP contribution in [0.1, 0.15) is 31.4 Å². The maximum atomic E-state index is 11.5. The Kier molecular flexibility index (Phi) is 2.58. The first-order valence-corrected chi connectivity index (χ1v) is 4.08. The summed E-state index contributed by atoms with van der Waals surface area (Å²) in [5.41, 5.74) is 0. The topological polar surface area (TPSA) is 47.8 Å². The number of rotatable bonds is 3. The van der Waals surface area contributed by atoms with Gasteiger partial charge in [0.05, 0.1) is 0 Å². The summed E-state index contributed by atoms with van der Waals surface area (Å²) in [6.45, 7) is 6.34. The van der Waals surface area contributed by atoms with Gasteiger partial charge in [0.1, 0.15) is 6.33 Å². The Labute approximate surface area is 71.6 Å². The van der Waals surface area contributed by atoms with Crippen LogP contribution < -0.4 is 0 Å². The molecule has 1 rings (SSSR count). The van der Waals surface area contributed by atoms with Crippen molar-refractivity contribution >= 4 is 5.78 Å². The van der Waals surface area contributed by atoms with Crippen LogP contribution in [0, 0.1) is 5.92 Å². The van der Waals surface area contributed by atoms with Crippen LogP contribution in [0.2, 0.25) is 0 Å². The molecule has 0 saturated carbocycles. The molecule has 0 saturated heterocycles. The minimum atomic E-state index is -0.0144. The fourth-order valence-electron chi connectivity index (χ4n) is 0.945. The molecular weight excluding hydrogens is 154 g/mol. The van der Waals surface area contributed by atoms with Crippen LogP contribution in [0.3, 0.4) is 0 Å². The van der Waals surface area contributed by atoms with E-state index in [-0.39, 0.29) is 11.7 Å². The van der Waals surface area contributed by atoms with Gasteiger partial charge in [0.25, 0.3) is 0 Å². The molecule has 4 heteroatoms. The van der Waals surface area contributed by atoms with Gasteiger partial charge in [0.2, 0.25) is 5.78 Å². The van der Waals surface area contributed by atoms with E-state index in [4.69, 9.17) is 0 Å². The minimum Gasteiger partial charge on any atom is -0.290 e. The standard InChI is InChI=1S/C8H13N3O/c1-4-11-8(9-5-10-11)7(12)6(2)3/h5-6H,4H2,1-3H3. The number of hydrogen-bond donors (Lipinski definition) is 0. The molecule has 0 unspecified atom stereocenters. The quantitative estimate of drug-likeness (QED) is 0.634. The molecule has 1 aromatic heterocycles. The van der Waals surface area contributed by atoms with Crippen LogP contribution in [0.25, 0.3) is 0 Å². The Morgan fingerprint density at radius 3 is 2.83 bits per heavy atom. The van der Waals surface area contributed by atoms with Gasteiger partial charge in [-0.05, 0) is 6.92 Å². The van der Waals surface area contributed by atoms with E-state index in [1.54, 1.807) is 4.68 Å². The maximum absolute atomic E-state index is 11.5. The average molecular weight is 167 g/mol. The minimum absolute atomic E-state index is 0.0144. The van der Waals surface area contributed by atoms with Crippen LogP contribution in [-0.2, 0) is 6.54 Å². The van der Waals surface area contributed by atoms with Gasteiger partial charge in [0, 0.05) is 12.5 Å². The molecule has 0 aromatic carbocycles. The van der Waals surface area contributed by atoms with Gasteiger partial charge in [-0.3, -0.25) is 4.79 Å². The van der Waals surface area contributed by atoms with Crippen molar-refractivity contribution < 1.29 is 4.79 Å². The van der Waals surface area contributed by atoms with Crippen LogP contribution in [0.15, 0.2) is 6.33 Å². The van der Waals surface area contributed by atoms with Crippen LogP contribution in [0.5, 0.6) is 0 Å². The zero-order valence-electron chi connectivity index (χ0n) is 7.61. The van der Waals surface area contributed by atoms with E-state index < -0.39 is 0 Å². The Morgan fingerprint density at radius 1 is 1.67 bits per heavy atom. The van der Waals surface area contributed by atoms with E-state index in [1.165, 1.54) is 6.33 Å². The molecule has 0 bridgehead atoms. The van der Waals surface area contributed by atoms with E-state index in [0.717, 1.165) is 0 Å². The molecule has 66 valence electrons. The van der Waals surface area contributed by atoms with Gasteiger partial charge < -0.3 is 0 Å². The molecule has 0 aliphatic rings. The highest BCUT2D eigenvalue weighted by atomic mass is 16.1. The zero-order chi connectivity index (χ0) is 9.14. The van der Waals surface area contributed by atoms with Gasteiger partial charge in [-0.1, -0.05) is 13.8 Å². The lowest BCUT2D eigenvalue weighted by Crippen LogP contribution is -2.15. The molecule has 0 aliphatic heterocycles. The number of carbonyl (C=O) groups is 1. The van der Waals surface area contributed by atoms with E-state index in [0.29, 0.717) is 12.4 Å². The Hall–Kier alpha value is -1.19. The van der Waals surface area contributed by atoms with Crippen molar-refractivity contribution in [3.05, 3.63) is 12.2 Å². The Balaban J connectivity index is 2.94. The highest BCUT2D eigenvalue weighted by molar-refractivity contribution is 5.94. The number of hydrogen-bond acceptors (Lipinski definition) is 3. The van der Waals surface area contributed by atoms with Crippen LogP contribution in [0.4, 0.5) is 0 Å². The highest BCUT2D eigenvalue weighted by Gasteiger charge is 2.15. The zero-order valence-corrected chi connectivity index (χ0v) is 7.61. The van der Waals surface area contributed by atoms with Crippen molar-refractivity contribution in [1.29, 1.82) is 0 Å². The number of carbonyl (C=O) groups excluding carboxylic acids is 1. The first kappa shape index (κ1) is 8.90. The van der Waals surface area contributed by atoms with E-state index in [1.807, 2.05) is 20.8 Å². The third-order valence-corrected chi connectivity index (χ3v) is 1.66. The molecular formula is C8H13N3O. The summed E-state index contributed by atoms with van der Waals surface area (Å²) in [5.74, 6) is 0.501. The number of nitrogens with zero attached hydrogens (tertiary/aromatic N) is 3. The second kappa shape index (κ2) is 3.47. The Morgan fingerprint density at radius 2 is 2.33 bits per heavy atom. The lowest BCUT2D eigenvalue weighted by Gasteiger charge is -2.03. The van der Waals surface area contributed by atoms with Crippen molar-refractivity contribution in [2.45, 2.75) is 27.3 Å². The largest absolute Gasteiger partial charge is 0.290 e. The molecule has 1 aromatic rings. The van der Waals surface area contributed by atoms with E-state index >= 15 is 0 Å². The number of Topliss-reactive ketones (excluding diaryl/α,β-unsaturated/α-hetero) is 1. The normalized spacial score (nSPS) is 10.7. The molecule has 0 amide bonds. The lowest BCUT2D eigenvalue weighted by atomic mass is 10.1. The van der Waals surface area contributed by atoms with Crippen molar-refractivity contribution in [1.82, 2.24) is 14.8 Å². The lowest BCUT2D eigenvalue weighted by molar-refractivity contribution is 0.0923. The molecule has 0 aliphatic carbocycles. The second-order valence-electron chi connectivity index (χ2n) is 2.92. The first-order chi connectivity index (χ1) is 5.66. The number of aryl methyl sites for hydroxylation is 1. The van der Waals surface area contributed by atoms with Gasteiger partial charge in [0.15, 0.2) is 5.82 Å². The fraction of sp³-hybridized carbons (Fsp3) is 0.625. The number of ketones is 1. The smallest absolute Gasteiger partial charge is 0.202 e. The molecule has 12 heavy (non-hydrogen) atoms. The average Bonchev–Trinajstić information content (AvgIpc) is 2.49. The van der Waals surface area contributed by atoms with Crippen molar-refractivity contribution in [3.8, 4) is 0 Å². The predicted molar refractivity (Wildman–Crippen MR) is 44.9 cm³/mol. The summed E-state index contributed by atoms with van der Waals surface area (Å²) >= 11 is 0. The van der Waals surface area contributed by atoms with Gasteiger partial charge >= 0.3 is 0 Å². The summed E-state index contributed by atoms with van der Waals surface area (Å²) in [5, 5.41) is 3.92. The van der Waals surface area contributed by atoms with Crippen LogP contribution >= 0.6 is 0 Å². The van der Waals surface area contributed by atoms with Gasteiger partial charge in [-0.25, -0.2) is 9.67 Å². The number of aromatic nitrogens is 3. The van der Waals surface area contributed by atoms with Gasteiger partial charge in [-0.15, -0.1) is 0 Å². The summed E-state index contributed by atoms with van der Waals surface area (Å²) < 4.78 is 1.61. The van der Waals surface area contributed by atoms with Crippen LogP contribution in [-0.4, -0.2) is 20.5 Å². The SMILES string of the molecule is CCn1ncnc1C(=O)C(C)C. The molecule has 4 nitrogen and oxygen atoms in total. The van der Waals surface area contributed by atoms with Crippen molar-refractivity contribution in [2.24, 2.45) is 5.92 Å². The van der Waals surface area contributed by atoms with Gasteiger partial charge in [-0.2, -0.15) is 5.10 Å². The monoisotopic (exact) mass is 167 g/mol. The van der Waals surface area contributed by atoms with E-state index in [9.17, 15) is 4.79 Å². The summed E-state index contributed by atoms with van der Waals surface area (Å²) in [7, 11) is 0. The second-order valence-corrected chi connectivity index (χ2v) is 2.92. The predicted octanol–water partition coefficient (Wildman–Crippen LogP) is 1.14. The van der Waals surface area contributed by atoms with Crippen molar-refractivity contribution in [2.75, 3.05) is 0 Å². The molecule has 0 radical (unpaired) electrons. The highest BCUT2D eigenvalue weighted by Crippen LogP contribution is 2.04. The summed E-state index contributed by atoms with van der Waals surface area (Å²) in [6.07, 6.45) is 1.42. The maximum Gasteiger partial charge on any atom is 0.202 e. The molecule has 1 heterocycles. The Bertz CT molecular complexity index is 278.